The van der Waals surface area contributed by atoms with E-state index in [0.717, 1.165) is 0 Å². The van der Waals surface area contributed by atoms with Gasteiger partial charge in [0.2, 0.25) is 10.0 Å². The molecule has 0 spiro atoms. The molecule has 2 rings (SSSR count). The van der Waals surface area contributed by atoms with Crippen LogP contribution in [0.4, 0.5) is 11.4 Å². The smallest absolute Gasteiger partial charge is 0.294 e. The molecular weight excluding hydrogens is 330 g/mol. The maximum atomic E-state index is 10.7. The van der Waals surface area contributed by atoms with Crippen LogP contribution in [0.5, 0.6) is 0 Å². The van der Waals surface area contributed by atoms with Gasteiger partial charge in [-0.25, -0.2) is 13.6 Å². The molecule has 0 aliphatic rings. The third kappa shape index (κ3) is 5.69. The highest BCUT2D eigenvalue weighted by molar-refractivity contribution is 7.89. The third-order valence-electron chi connectivity index (χ3n) is 2.39. The van der Waals surface area contributed by atoms with E-state index in [0.29, 0.717) is 11.4 Å². The predicted molar refractivity (Wildman–Crippen MR) is 82.9 cm³/mol. The van der Waals surface area contributed by atoms with Gasteiger partial charge in [0.15, 0.2) is 0 Å². The summed E-state index contributed by atoms with van der Waals surface area (Å²) in [6.45, 7) is 0. The zero-order valence-corrected chi connectivity index (χ0v) is 12.9. The molecule has 2 aromatic rings. The molecule has 10 heteroatoms. The molecule has 0 fully saturated rings. The minimum atomic E-state index is -4.08. The lowest BCUT2D eigenvalue weighted by atomic mass is 10.3. The summed E-state index contributed by atoms with van der Waals surface area (Å²) < 4.78 is 50.8. The van der Waals surface area contributed by atoms with Crippen molar-refractivity contribution in [2.75, 3.05) is 11.5 Å². The molecule has 0 heterocycles. The summed E-state index contributed by atoms with van der Waals surface area (Å²) in [6, 6.07) is 11.0. The average molecular weight is 345 g/mol. The Morgan fingerprint density at radius 1 is 0.682 bits per heavy atom. The highest BCUT2D eigenvalue weighted by Gasteiger charge is 2.07. The molecule has 0 atom stereocenters. The fraction of sp³-hybridized carbons (Fsp3) is 0. The second-order valence-corrected chi connectivity index (χ2v) is 7.14. The monoisotopic (exact) mass is 345 g/mol. The molecule has 2 aromatic carbocycles. The van der Waals surface area contributed by atoms with E-state index in [1.807, 2.05) is 0 Å². The van der Waals surface area contributed by atoms with Crippen LogP contribution in [0.15, 0.2) is 58.3 Å². The van der Waals surface area contributed by atoms with E-state index in [1.54, 1.807) is 0 Å². The Hall–Kier alpha value is -2.14. The molecular formula is C12H15N3O5S2. The summed E-state index contributed by atoms with van der Waals surface area (Å²) in [4.78, 5) is -0.0709. The molecule has 0 saturated heterocycles. The molecule has 0 aliphatic carbocycles. The number of sulfonamides is 1. The van der Waals surface area contributed by atoms with E-state index >= 15 is 0 Å². The number of hydrogen-bond acceptors (Lipinski definition) is 6. The summed E-state index contributed by atoms with van der Waals surface area (Å²) in [7, 11) is -7.65. The molecule has 0 aromatic heterocycles. The minimum absolute atomic E-state index is 0.0756. The molecule has 0 amide bonds. The van der Waals surface area contributed by atoms with Crippen LogP contribution < -0.4 is 16.6 Å². The molecule has 0 saturated carbocycles. The predicted octanol–water partition coefficient (Wildman–Crippen LogP) is 0.432. The molecule has 0 aliphatic heterocycles. The van der Waals surface area contributed by atoms with Gasteiger partial charge in [-0.1, -0.05) is 0 Å². The maximum Gasteiger partial charge on any atom is 0.294 e. The molecule has 0 bridgehead atoms. The van der Waals surface area contributed by atoms with Crippen LogP contribution in [0.1, 0.15) is 0 Å². The normalized spacial score (nSPS) is 11.4. The number of primary sulfonamides is 1. The highest BCUT2D eigenvalue weighted by atomic mass is 32.2. The van der Waals surface area contributed by atoms with E-state index in [9.17, 15) is 16.8 Å². The Morgan fingerprint density at radius 2 is 1.00 bits per heavy atom. The van der Waals surface area contributed by atoms with Gasteiger partial charge >= 0.3 is 0 Å². The van der Waals surface area contributed by atoms with Gasteiger partial charge in [0, 0.05) is 11.4 Å². The van der Waals surface area contributed by atoms with Gasteiger partial charge in [-0.15, -0.1) is 0 Å². The number of rotatable bonds is 2. The van der Waals surface area contributed by atoms with Crippen molar-refractivity contribution < 1.29 is 21.4 Å². The van der Waals surface area contributed by atoms with E-state index in [-0.39, 0.29) is 9.79 Å². The summed E-state index contributed by atoms with van der Waals surface area (Å²) in [6.07, 6.45) is 0. The van der Waals surface area contributed by atoms with Gasteiger partial charge in [0.1, 0.15) is 0 Å². The summed E-state index contributed by atoms with van der Waals surface area (Å²) in [5, 5.41) is 4.84. The van der Waals surface area contributed by atoms with Gasteiger partial charge in [-0.05, 0) is 48.5 Å². The lowest BCUT2D eigenvalue weighted by Crippen LogP contribution is -2.11. The third-order valence-corrected chi connectivity index (χ3v) is 4.18. The van der Waals surface area contributed by atoms with Crippen molar-refractivity contribution in [1.82, 2.24) is 0 Å². The lowest BCUT2D eigenvalue weighted by molar-refractivity contribution is 0.483. The Balaban J connectivity index is 0.000000220. The van der Waals surface area contributed by atoms with Gasteiger partial charge < -0.3 is 11.5 Å². The van der Waals surface area contributed by atoms with Crippen LogP contribution in [0, 0.1) is 0 Å². The van der Waals surface area contributed by atoms with Crippen LogP contribution in [-0.2, 0) is 20.1 Å². The molecule has 0 unspecified atom stereocenters. The standard InChI is InChI=1S/C6H8N2O2S.C6H7NO3S/c2*7-5-1-3-6(4-2-5)11(8,9)10/h1-4H,7H2,(H2,8,9,10);1-4H,7H2,(H,8,9,10). The number of nitrogens with two attached hydrogens (primary N) is 3. The van der Waals surface area contributed by atoms with Crippen molar-refractivity contribution in [3.8, 4) is 0 Å². The van der Waals surface area contributed by atoms with E-state index in [1.165, 1.54) is 48.5 Å². The first kappa shape index (κ1) is 17.9. The highest BCUT2D eigenvalue weighted by Crippen LogP contribution is 2.10. The Morgan fingerprint density at radius 3 is 1.27 bits per heavy atom. The van der Waals surface area contributed by atoms with Crippen LogP contribution in [0.2, 0.25) is 0 Å². The zero-order chi connectivity index (χ0) is 17.0. The van der Waals surface area contributed by atoms with Gasteiger partial charge in [-0.2, -0.15) is 8.42 Å². The fourth-order valence-electron chi connectivity index (χ4n) is 1.30. The second kappa shape index (κ2) is 6.75. The Kier molecular flexibility index (Phi) is 5.49. The first-order valence-corrected chi connectivity index (χ1v) is 8.70. The molecule has 0 radical (unpaired) electrons. The van der Waals surface area contributed by atoms with Crippen molar-refractivity contribution in [3.05, 3.63) is 48.5 Å². The van der Waals surface area contributed by atoms with Crippen molar-refractivity contribution in [3.63, 3.8) is 0 Å². The largest absolute Gasteiger partial charge is 0.399 e. The molecule has 22 heavy (non-hydrogen) atoms. The van der Waals surface area contributed by atoms with Crippen LogP contribution in [-0.4, -0.2) is 21.4 Å². The van der Waals surface area contributed by atoms with Crippen LogP contribution in [0.25, 0.3) is 0 Å². The second-order valence-electron chi connectivity index (χ2n) is 4.16. The first-order valence-electron chi connectivity index (χ1n) is 5.71. The molecule has 8 nitrogen and oxygen atoms in total. The lowest BCUT2D eigenvalue weighted by Gasteiger charge is -1.96. The fourth-order valence-corrected chi connectivity index (χ4v) is 2.29. The quantitative estimate of drug-likeness (QED) is 0.452. The summed E-state index contributed by atoms with van der Waals surface area (Å²) in [5.74, 6) is 0. The van der Waals surface area contributed by atoms with Gasteiger partial charge in [0.25, 0.3) is 10.1 Å². The SMILES string of the molecule is Nc1ccc(S(=O)(=O)O)cc1.Nc1ccc(S(N)(=O)=O)cc1. The van der Waals surface area contributed by atoms with Crippen molar-refractivity contribution >= 4 is 31.5 Å². The number of anilines is 2. The van der Waals surface area contributed by atoms with Crippen molar-refractivity contribution in [2.24, 2.45) is 5.14 Å². The van der Waals surface area contributed by atoms with Crippen molar-refractivity contribution in [2.45, 2.75) is 9.79 Å². The Labute approximate surface area is 128 Å². The maximum absolute atomic E-state index is 10.7. The van der Waals surface area contributed by atoms with E-state index in [2.05, 4.69) is 0 Å². The number of hydrogen-bond donors (Lipinski definition) is 4. The van der Waals surface area contributed by atoms with E-state index < -0.39 is 20.1 Å². The summed E-state index contributed by atoms with van der Waals surface area (Å²) >= 11 is 0. The Bertz CT molecular complexity index is 756. The minimum Gasteiger partial charge on any atom is -0.399 e. The summed E-state index contributed by atoms with van der Waals surface area (Å²) in [5.41, 5.74) is 11.6. The molecule has 7 N–H and O–H groups in total. The topological polar surface area (TPSA) is 167 Å². The van der Waals surface area contributed by atoms with Crippen molar-refractivity contribution in [1.29, 1.82) is 0 Å². The van der Waals surface area contributed by atoms with Crippen LogP contribution in [0.3, 0.4) is 0 Å². The number of benzene rings is 2. The number of nitrogen functional groups attached to an aromatic ring is 2. The van der Waals surface area contributed by atoms with Gasteiger partial charge in [0.05, 0.1) is 9.79 Å². The molecule has 120 valence electrons. The van der Waals surface area contributed by atoms with E-state index in [4.69, 9.17) is 21.2 Å². The van der Waals surface area contributed by atoms with Crippen LogP contribution >= 0.6 is 0 Å². The average Bonchev–Trinajstić information content (AvgIpc) is 2.38. The first-order chi connectivity index (χ1) is 10.00. The zero-order valence-electron chi connectivity index (χ0n) is 11.2. The van der Waals surface area contributed by atoms with Gasteiger partial charge in [-0.3, -0.25) is 4.55 Å².